The first-order chi connectivity index (χ1) is 24.8. The summed E-state index contributed by atoms with van der Waals surface area (Å²) in [5.41, 5.74) is 9.80. The molecule has 0 bridgehead atoms. The van der Waals surface area contributed by atoms with Crippen molar-refractivity contribution in [3.05, 3.63) is 188 Å². The summed E-state index contributed by atoms with van der Waals surface area (Å²) in [6.07, 6.45) is 0. The lowest BCUT2D eigenvalue weighted by atomic mass is 9.94. The Morgan fingerprint density at radius 1 is 0.300 bits per heavy atom. The number of rotatable bonds is 5. The molecule has 234 valence electrons. The van der Waals surface area contributed by atoms with Crippen LogP contribution in [-0.4, -0.2) is 0 Å². The normalized spacial score (nSPS) is 11.6. The Balaban J connectivity index is 1.11. The molecule has 0 amide bonds. The first kappa shape index (κ1) is 28.4. The standard InChI is InChI=1S/C48H31NO/c1-2-9-32(10-3-1)37-12-8-13-40(29-37)49(41-27-28-47-45(31-41)43-15-6-7-16-46(43)50-47)39-25-23-33(24-26-39)38-22-19-35-18-21-36-20-17-34-11-4-5-14-42(34)48(36)44(35)30-38/h1-31H. The lowest BCUT2D eigenvalue weighted by molar-refractivity contribution is 0.669. The summed E-state index contributed by atoms with van der Waals surface area (Å²) in [7, 11) is 0. The number of nitrogens with zero attached hydrogens (tertiary/aromatic N) is 1. The number of hydrogen-bond donors (Lipinski definition) is 0. The molecule has 9 aromatic carbocycles. The van der Waals surface area contributed by atoms with Crippen molar-refractivity contribution < 1.29 is 4.42 Å². The molecule has 0 unspecified atom stereocenters. The van der Waals surface area contributed by atoms with E-state index < -0.39 is 0 Å². The highest BCUT2D eigenvalue weighted by Crippen LogP contribution is 2.41. The van der Waals surface area contributed by atoms with Crippen LogP contribution in [0.5, 0.6) is 0 Å². The maximum atomic E-state index is 6.20. The van der Waals surface area contributed by atoms with E-state index in [2.05, 4.69) is 181 Å². The van der Waals surface area contributed by atoms with Gasteiger partial charge < -0.3 is 9.32 Å². The number of furan rings is 1. The van der Waals surface area contributed by atoms with Crippen LogP contribution in [-0.2, 0) is 0 Å². The number of benzene rings is 9. The van der Waals surface area contributed by atoms with Gasteiger partial charge in [-0.25, -0.2) is 0 Å². The number of hydrogen-bond acceptors (Lipinski definition) is 2. The quantitative estimate of drug-likeness (QED) is 0.175. The summed E-state index contributed by atoms with van der Waals surface area (Å²) < 4.78 is 6.20. The maximum absolute atomic E-state index is 6.20. The van der Waals surface area contributed by atoms with Crippen molar-refractivity contribution in [2.75, 3.05) is 4.90 Å². The SMILES string of the molecule is c1ccc(-c2cccc(N(c3ccc(-c4ccc5ccc6ccc7ccccc7c6c5c4)cc3)c3ccc4oc5ccccc5c4c3)c2)cc1. The Bertz CT molecular complexity index is 2860. The molecule has 2 heteroatoms. The van der Waals surface area contributed by atoms with Gasteiger partial charge in [0.25, 0.3) is 0 Å². The van der Waals surface area contributed by atoms with Crippen molar-refractivity contribution in [2.24, 2.45) is 0 Å². The minimum Gasteiger partial charge on any atom is -0.456 e. The van der Waals surface area contributed by atoms with Crippen LogP contribution in [0.3, 0.4) is 0 Å². The highest BCUT2D eigenvalue weighted by Gasteiger charge is 2.17. The summed E-state index contributed by atoms with van der Waals surface area (Å²) in [6, 6.07) is 67.6. The van der Waals surface area contributed by atoms with Crippen LogP contribution in [0.15, 0.2) is 192 Å². The van der Waals surface area contributed by atoms with Gasteiger partial charge in [-0.1, -0.05) is 133 Å². The summed E-state index contributed by atoms with van der Waals surface area (Å²) in [6.45, 7) is 0. The smallest absolute Gasteiger partial charge is 0.135 e. The minimum atomic E-state index is 0.889. The molecule has 0 N–H and O–H groups in total. The van der Waals surface area contributed by atoms with E-state index in [4.69, 9.17) is 4.42 Å². The van der Waals surface area contributed by atoms with Crippen LogP contribution < -0.4 is 4.90 Å². The number of anilines is 3. The molecule has 0 aliphatic carbocycles. The second-order valence-electron chi connectivity index (χ2n) is 13.0. The van der Waals surface area contributed by atoms with Gasteiger partial charge >= 0.3 is 0 Å². The Labute approximate surface area is 290 Å². The zero-order valence-electron chi connectivity index (χ0n) is 27.3. The van der Waals surface area contributed by atoms with E-state index in [1.807, 2.05) is 12.1 Å². The van der Waals surface area contributed by atoms with E-state index in [0.29, 0.717) is 0 Å². The highest BCUT2D eigenvalue weighted by molar-refractivity contribution is 6.20. The van der Waals surface area contributed by atoms with E-state index >= 15 is 0 Å². The molecule has 10 aromatic rings. The summed E-state index contributed by atoms with van der Waals surface area (Å²) >= 11 is 0. The van der Waals surface area contributed by atoms with Gasteiger partial charge in [0, 0.05) is 27.8 Å². The van der Waals surface area contributed by atoms with Crippen molar-refractivity contribution in [2.45, 2.75) is 0 Å². The zero-order valence-corrected chi connectivity index (χ0v) is 27.3. The molecule has 0 aliphatic heterocycles. The summed E-state index contributed by atoms with van der Waals surface area (Å²) in [5, 5.41) is 9.88. The van der Waals surface area contributed by atoms with Gasteiger partial charge in [-0.3, -0.25) is 0 Å². The predicted molar refractivity (Wildman–Crippen MR) is 212 cm³/mol. The average molecular weight is 638 g/mol. The molecule has 10 rings (SSSR count). The lowest BCUT2D eigenvalue weighted by Gasteiger charge is -2.26. The van der Waals surface area contributed by atoms with E-state index in [9.17, 15) is 0 Å². The molecule has 0 atom stereocenters. The fourth-order valence-corrected chi connectivity index (χ4v) is 7.56. The van der Waals surface area contributed by atoms with E-state index in [1.54, 1.807) is 0 Å². The lowest BCUT2D eigenvalue weighted by Crippen LogP contribution is -2.10. The molecule has 0 aliphatic rings. The number of fused-ring (bicyclic) bond motifs is 8. The first-order valence-electron chi connectivity index (χ1n) is 17.1. The van der Waals surface area contributed by atoms with Gasteiger partial charge in [0.05, 0.1) is 0 Å². The van der Waals surface area contributed by atoms with Crippen LogP contribution in [0, 0.1) is 0 Å². The molecular weight excluding hydrogens is 607 g/mol. The third kappa shape index (κ3) is 4.73. The van der Waals surface area contributed by atoms with Gasteiger partial charge in [-0.15, -0.1) is 0 Å². The monoisotopic (exact) mass is 637 g/mol. The largest absolute Gasteiger partial charge is 0.456 e. The second kappa shape index (κ2) is 11.5. The third-order valence-corrected chi connectivity index (χ3v) is 10.0. The second-order valence-corrected chi connectivity index (χ2v) is 13.0. The van der Waals surface area contributed by atoms with Crippen LogP contribution in [0.4, 0.5) is 17.1 Å². The van der Waals surface area contributed by atoms with E-state index in [1.165, 1.54) is 54.6 Å². The van der Waals surface area contributed by atoms with E-state index in [0.717, 1.165) is 39.0 Å². The Hall–Kier alpha value is -6.64. The van der Waals surface area contributed by atoms with Gasteiger partial charge in [-0.2, -0.15) is 0 Å². The van der Waals surface area contributed by atoms with Gasteiger partial charge in [0.1, 0.15) is 11.2 Å². The molecular formula is C48H31NO. The summed E-state index contributed by atoms with van der Waals surface area (Å²) in [5.74, 6) is 0. The number of para-hydroxylation sites is 1. The van der Waals surface area contributed by atoms with Crippen LogP contribution in [0.1, 0.15) is 0 Å². The molecule has 1 aromatic heterocycles. The highest BCUT2D eigenvalue weighted by atomic mass is 16.3. The molecule has 0 saturated carbocycles. The zero-order chi connectivity index (χ0) is 33.0. The Morgan fingerprint density at radius 3 is 1.74 bits per heavy atom. The fourth-order valence-electron chi connectivity index (χ4n) is 7.56. The van der Waals surface area contributed by atoms with Crippen LogP contribution in [0.2, 0.25) is 0 Å². The van der Waals surface area contributed by atoms with Crippen LogP contribution in [0.25, 0.3) is 76.5 Å². The van der Waals surface area contributed by atoms with Crippen molar-refractivity contribution in [3.63, 3.8) is 0 Å². The Kier molecular flexibility index (Phi) is 6.53. The molecule has 0 spiro atoms. The Morgan fingerprint density at radius 2 is 0.880 bits per heavy atom. The predicted octanol–water partition coefficient (Wildman–Crippen LogP) is 13.8. The molecule has 50 heavy (non-hydrogen) atoms. The first-order valence-corrected chi connectivity index (χ1v) is 17.1. The topological polar surface area (TPSA) is 16.4 Å². The summed E-state index contributed by atoms with van der Waals surface area (Å²) in [4.78, 5) is 2.34. The van der Waals surface area contributed by atoms with Crippen molar-refractivity contribution in [1.82, 2.24) is 0 Å². The molecule has 2 nitrogen and oxygen atoms in total. The van der Waals surface area contributed by atoms with Gasteiger partial charge in [-0.05, 0) is 109 Å². The molecule has 0 fully saturated rings. The minimum absolute atomic E-state index is 0.889. The molecule has 1 heterocycles. The molecule has 0 saturated heterocycles. The van der Waals surface area contributed by atoms with Gasteiger partial charge in [0.2, 0.25) is 0 Å². The maximum Gasteiger partial charge on any atom is 0.135 e. The van der Waals surface area contributed by atoms with Crippen LogP contribution >= 0.6 is 0 Å². The van der Waals surface area contributed by atoms with Crippen molar-refractivity contribution in [1.29, 1.82) is 0 Å². The van der Waals surface area contributed by atoms with Crippen molar-refractivity contribution >= 4 is 71.3 Å². The third-order valence-electron chi connectivity index (χ3n) is 10.0. The van der Waals surface area contributed by atoms with Gasteiger partial charge in [0.15, 0.2) is 0 Å². The van der Waals surface area contributed by atoms with E-state index in [-0.39, 0.29) is 0 Å². The average Bonchev–Trinajstić information content (AvgIpc) is 3.56. The van der Waals surface area contributed by atoms with Crippen molar-refractivity contribution in [3.8, 4) is 22.3 Å². The fraction of sp³-hybridized carbons (Fsp3) is 0. The molecule has 0 radical (unpaired) electrons.